The van der Waals surface area contributed by atoms with E-state index in [0.717, 1.165) is 51.0 Å². The largest absolute Gasteiger partial charge is 0.349 e. The molecule has 2 aliphatic rings. The van der Waals surface area contributed by atoms with Crippen molar-refractivity contribution in [2.75, 3.05) is 0 Å². The molecule has 3 nitrogen and oxygen atoms in total. The number of aliphatic imine (C=N–C) groups is 1. The normalized spacial score (nSPS) is 17.2. The fourth-order valence-electron chi connectivity index (χ4n) is 4.11. The molecule has 1 amide bonds. The van der Waals surface area contributed by atoms with E-state index in [-0.39, 0.29) is 11.9 Å². The zero-order chi connectivity index (χ0) is 20.2. The van der Waals surface area contributed by atoms with Gasteiger partial charge in [0.25, 0.3) is 5.91 Å². The summed E-state index contributed by atoms with van der Waals surface area (Å²) in [6.45, 7) is 2.10. The number of halogens is 1. The highest BCUT2D eigenvalue weighted by atomic mass is 35.5. The van der Waals surface area contributed by atoms with Gasteiger partial charge < -0.3 is 5.32 Å². The van der Waals surface area contributed by atoms with Crippen LogP contribution in [0.3, 0.4) is 0 Å². The van der Waals surface area contributed by atoms with Crippen molar-refractivity contribution in [3.05, 3.63) is 52.5 Å². The Bertz CT molecular complexity index is 932. The van der Waals surface area contributed by atoms with Crippen molar-refractivity contribution in [1.29, 1.82) is 0 Å². The van der Waals surface area contributed by atoms with Gasteiger partial charge in [-0.1, -0.05) is 62.4 Å². The van der Waals surface area contributed by atoms with Crippen LogP contribution in [0.15, 0.2) is 51.2 Å². The number of rotatable bonds is 3. The SMILES string of the molecule is CCC1=Nc2cc(C(=O)NC3CCCCCCC3)ccc2Sc2ccc(Cl)cc21. The summed E-state index contributed by atoms with van der Waals surface area (Å²) in [5.41, 5.74) is 3.65. The number of hydrogen-bond donors (Lipinski definition) is 1. The third-order valence-corrected chi connectivity index (χ3v) is 7.10. The molecule has 5 heteroatoms. The maximum absolute atomic E-state index is 12.9. The first-order valence-corrected chi connectivity index (χ1v) is 11.8. The summed E-state index contributed by atoms with van der Waals surface area (Å²) in [6, 6.07) is 12.1. The Balaban J connectivity index is 1.59. The van der Waals surface area contributed by atoms with E-state index in [1.165, 1.54) is 32.1 Å². The topological polar surface area (TPSA) is 41.5 Å². The number of nitrogens with zero attached hydrogens (tertiary/aromatic N) is 1. The highest BCUT2D eigenvalue weighted by Crippen LogP contribution is 2.41. The average molecular weight is 427 g/mol. The number of nitrogens with one attached hydrogen (secondary N) is 1. The van der Waals surface area contributed by atoms with Gasteiger partial charge in [-0.3, -0.25) is 9.79 Å². The maximum atomic E-state index is 12.9. The van der Waals surface area contributed by atoms with Crippen LogP contribution < -0.4 is 5.32 Å². The molecular weight excluding hydrogens is 400 g/mol. The first-order valence-electron chi connectivity index (χ1n) is 10.6. The van der Waals surface area contributed by atoms with Gasteiger partial charge in [-0.05, 0) is 55.7 Å². The first-order chi connectivity index (χ1) is 14.1. The third kappa shape index (κ3) is 4.87. The van der Waals surface area contributed by atoms with Gasteiger partial charge in [-0.25, -0.2) is 0 Å². The van der Waals surface area contributed by atoms with Crippen LogP contribution in [-0.2, 0) is 0 Å². The summed E-state index contributed by atoms with van der Waals surface area (Å²) < 4.78 is 0. The van der Waals surface area contributed by atoms with Gasteiger partial charge in [0, 0.05) is 37.7 Å². The Morgan fingerprint density at radius 1 is 1.07 bits per heavy atom. The quantitative estimate of drug-likeness (QED) is 0.564. The monoisotopic (exact) mass is 426 g/mol. The molecule has 2 aromatic rings. The molecule has 0 aromatic heterocycles. The molecule has 1 aliphatic carbocycles. The molecular formula is C24H27ClN2OS. The average Bonchev–Trinajstić information content (AvgIpc) is 2.85. The fourth-order valence-corrected chi connectivity index (χ4v) is 5.29. The lowest BCUT2D eigenvalue weighted by Crippen LogP contribution is -2.35. The first kappa shape index (κ1) is 20.5. The molecule has 4 rings (SSSR count). The van der Waals surface area contributed by atoms with Gasteiger partial charge in [-0.2, -0.15) is 0 Å². The van der Waals surface area contributed by atoms with E-state index in [2.05, 4.69) is 18.3 Å². The van der Waals surface area contributed by atoms with E-state index < -0.39 is 0 Å². The van der Waals surface area contributed by atoms with E-state index in [9.17, 15) is 4.79 Å². The Kier molecular flexibility index (Phi) is 6.61. The van der Waals surface area contributed by atoms with Crippen molar-refractivity contribution in [2.24, 2.45) is 4.99 Å². The van der Waals surface area contributed by atoms with Crippen LogP contribution in [0.25, 0.3) is 0 Å². The molecule has 1 heterocycles. The van der Waals surface area contributed by atoms with Crippen LogP contribution in [0.4, 0.5) is 5.69 Å². The number of carbonyl (C=O) groups excluding carboxylic acids is 1. The van der Waals surface area contributed by atoms with Crippen molar-refractivity contribution in [3.63, 3.8) is 0 Å². The minimum atomic E-state index is 0.0152. The van der Waals surface area contributed by atoms with Gasteiger partial charge in [0.1, 0.15) is 0 Å². The van der Waals surface area contributed by atoms with Gasteiger partial charge in [0.05, 0.1) is 5.69 Å². The zero-order valence-corrected chi connectivity index (χ0v) is 18.4. The van der Waals surface area contributed by atoms with Crippen LogP contribution in [-0.4, -0.2) is 17.7 Å². The summed E-state index contributed by atoms with van der Waals surface area (Å²) in [5.74, 6) is 0.0152. The third-order valence-electron chi connectivity index (χ3n) is 5.72. The lowest BCUT2D eigenvalue weighted by molar-refractivity contribution is 0.0930. The second kappa shape index (κ2) is 9.36. The highest BCUT2D eigenvalue weighted by Gasteiger charge is 2.20. The minimum Gasteiger partial charge on any atom is -0.349 e. The van der Waals surface area contributed by atoms with Crippen molar-refractivity contribution >= 4 is 40.7 Å². The highest BCUT2D eigenvalue weighted by molar-refractivity contribution is 7.99. The van der Waals surface area contributed by atoms with Crippen molar-refractivity contribution in [3.8, 4) is 0 Å². The number of carbonyl (C=O) groups is 1. The molecule has 1 N–H and O–H groups in total. The molecule has 1 saturated carbocycles. The lowest BCUT2D eigenvalue weighted by Gasteiger charge is -2.21. The summed E-state index contributed by atoms with van der Waals surface area (Å²) >= 11 is 7.91. The fraction of sp³-hybridized carbons (Fsp3) is 0.417. The molecule has 0 bridgehead atoms. The standard InChI is InChI=1S/C24H27ClN2OS/c1-2-20-19-15-17(25)11-13-22(19)29-23-12-10-16(14-21(23)27-20)24(28)26-18-8-6-4-3-5-7-9-18/h10-15,18H,2-9H2,1H3,(H,26,28). The summed E-state index contributed by atoms with van der Waals surface area (Å²) in [5, 5.41) is 3.98. The molecule has 152 valence electrons. The van der Waals surface area contributed by atoms with Crippen molar-refractivity contribution in [2.45, 2.75) is 74.1 Å². The number of fused-ring (bicyclic) bond motifs is 2. The van der Waals surface area contributed by atoms with Crippen LogP contribution in [0.1, 0.15) is 74.2 Å². The Morgan fingerprint density at radius 2 is 1.79 bits per heavy atom. The molecule has 1 aliphatic heterocycles. The van der Waals surface area contributed by atoms with E-state index >= 15 is 0 Å². The van der Waals surface area contributed by atoms with Crippen LogP contribution >= 0.6 is 23.4 Å². The zero-order valence-electron chi connectivity index (χ0n) is 16.8. The minimum absolute atomic E-state index is 0.0152. The van der Waals surface area contributed by atoms with E-state index in [1.54, 1.807) is 11.8 Å². The molecule has 0 atom stereocenters. The molecule has 0 unspecified atom stereocenters. The molecule has 0 saturated heterocycles. The van der Waals surface area contributed by atoms with Crippen LogP contribution in [0.2, 0.25) is 5.02 Å². The second-order valence-electron chi connectivity index (χ2n) is 7.85. The van der Waals surface area contributed by atoms with Crippen molar-refractivity contribution < 1.29 is 4.79 Å². The number of benzene rings is 2. The molecule has 0 radical (unpaired) electrons. The predicted molar refractivity (Wildman–Crippen MR) is 122 cm³/mol. The Hall–Kier alpha value is -1.78. The molecule has 2 aromatic carbocycles. The van der Waals surface area contributed by atoms with Gasteiger partial charge in [-0.15, -0.1) is 0 Å². The van der Waals surface area contributed by atoms with E-state index in [1.807, 2.05) is 30.3 Å². The van der Waals surface area contributed by atoms with Gasteiger partial charge in [0.15, 0.2) is 0 Å². The lowest BCUT2D eigenvalue weighted by atomic mass is 9.96. The van der Waals surface area contributed by atoms with E-state index in [4.69, 9.17) is 16.6 Å². The molecule has 0 spiro atoms. The summed E-state index contributed by atoms with van der Waals surface area (Å²) in [6.07, 6.45) is 9.28. The van der Waals surface area contributed by atoms with Gasteiger partial charge >= 0.3 is 0 Å². The van der Waals surface area contributed by atoms with Crippen LogP contribution in [0.5, 0.6) is 0 Å². The smallest absolute Gasteiger partial charge is 0.251 e. The second-order valence-corrected chi connectivity index (χ2v) is 9.37. The summed E-state index contributed by atoms with van der Waals surface area (Å²) in [4.78, 5) is 20.0. The van der Waals surface area contributed by atoms with Gasteiger partial charge in [0.2, 0.25) is 0 Å². The maximum Gasteiger partial charge on any atom is 0.251 e. The molecule has 1 fully saturated rings. The number of hydrogen-bond acceptors (Lipinski definition) is 3. The summed E-state index contributed by atoms with van der Waals surface area (Å²) in [7, 11) is 0. The predicted octanol–water partition coefficient (Wildman–Crippen LogP) is 7.18. The van der Waals surface area contributed by atoms with Crippen LogP contribution in [0, 0.1) is 0 Å². The number of amides is 1. The Morgan fingerprint density at radius 3 is 2.55 bits per heavy atom. The Labute approximate surface area is 182 Å². The molecule has 29 heavy (non-hydrogen) atoms. The van der Waals surface area contributed by atoms with Crippen molar-refractivity contribution in [1.82, 2.24) is 5.32 Å². The van der Waals surface area contributed by atoms with E-state index in [0.29, 0.717) is 5.56 Å².